The third kappa shape index (κ3) is 2.28. The van der Waals surface area contributed by atoms with Crippen LogP contribution in [-0.4, -0.2) is 10.1 Å². The second kappa shape index (κ2) is 5.09. The minimum Gasteiger partial charge on any atom is -0.337 e. The van der Waals surface area contributed by atoms with Gasteiger partial charge in [0, 0.05) is 17.5 Å². The first-order chi connectivity index (χ1) is 10.3. The van der Waals surface area contributed by atoms with Crippen LogP contribution in [0, 0.1) is 6.92 Å². The molecule has 0 spiro atoms. The van der Waals surface area contributed by atoms with E-state index < -0.39 is 0 Å². The summed E-state index contributed by atoms with van der Waals surface area (Å²) in [7, 11) is 0. The molecule has 0 saturated carbocycles. The van der Waals surface area contributed by atoms with Gasteiger partial charge in [0.25, 0.3) is 0 Å². The first kappa shape index (κ1) is 12.7. The van der Waals surface area contributed by atoms with E-state index in [2.05, 4.69) is 57.4 Å². The molecule has 0 amide bonds. The molecule has 1 atom stereocenters. The van der Waals surface area contributed by atoms with Crippen LogP contribution in [0.15, 0.2) is 39.5 Å². The Morgan fingerprint density at radius 3 is 2.90 bits per heavy atom. The van der Waals surface area contributed by atoms with Crippen LogP contribution in [0.25, 0.3) is 11.4 Å². The van der Waals surface area contributed by atoms with Gasteiger partial charge in [-0.3, -0.25) is 0 Å². The Morgan fingerprint density at radius 1 is 1.24 bits per heavy atom. The van der Waals surface area contributed by atoms with Gasteiger partial charge in [0.15, 0.2) is 0 Å². The van der Waals surface area contributed by atoms with Gasteiger partial charge in [0.2, 0.25) is 11.7 Å². The first-order valence-corrected chi connectivity index (χ1v) is 7.92. The monoisotopic (exact) mass is 297 g/mol. The summed E-state index contributed by atoms with van der Waals surface area (Å²) in [4.78, 5) is 4.58. The highest BCUT2D eigenvalue weighted by molar-refractivity contribution is 7.08. The van der Waals surface area contributed by atoms with Crippen molar-refractivity contribution in [2.45, 2.75) is 25.9 Å². The molecule has 1 aromatic carbocycles. The lowest BCUT2D eigenvalue weighted by molar-refractivity contribution is 0.321. The standard InChI is InChI=1S/C16H15N3OS/c1-10-8-21-9-13(10)15-18-16(20-19-15)14-6-11-4-2-3-5-12(11)7-17-14/h2-5,8-9,14,17H,6-7H2,1H3/t14-/m1/s1. The molecule has 1 N–H and O–H groups in total. The lowest BCUT2D eigenvalue weighted by Gasteiger charge is -2.23. The normalized spacial score (nSPS) is 17.7. The smallest absolute Gasteiger partial charge is 0.244 e. The highest BCUT2D eigenvalue weighted by atomic mass is 32.1. The number of nitrogens with one attached hydrogen (secondary N) is 1. The summed E-state index contributed by atoms with van der Waals surface area (Å²) in [6.07, 6.45) is 0.889. The highest BCUT2D eigenvalue weighted by Gasteiger charge is 2.24. The van der Waals surface area contributed by atoms with E-state index in [1.807, 2.05) is 0 Å². The van der Waals surface area contributed by atoms with Crippen molar-refractivity contribution >= 4 is 11.3 Å². The topological polar surface area (TPSA) is 51.0 Å². The van der Waals surface area contributed by atoms with Crippen molar-refractivity contribution in [3.05, 3.63) is 57.6 Å². The molecule has 3 heterocycles. The molecule has 0 bridgehead atoms. The number of aromatic nitrogens is 2. The van der Waals surface area contributed by atoms with Crippen molar-refractivity contribution in [2.75, 3.05) is 0 Å². The maximum atomic E-state index is 5.48. The zero-order valence-electron chi connectivity index (χ0n) is 11.7. The molecule has 21 heavy (non-hydrogen) atoms. The van der Waals surface area contributed by atoms with E-state index in [0.29, 0.717) is 11.7 Å². The molecule has 0 unspecified atom stereocenters. The predicted molar refractivity (Wildman–Crippen MR) is 82.1 cm³/mol. The Bertz CT molecular complexity index is 777. The summed E-state index contributed by atoms with van der Waals surface area (Å²) in [6, 6.07) is 8.58. The maximum Gasteiger partial charge on any atom is 0.244 e. The quantitative estimate of drug-likeness (QED) is 0.786. The maximum absolute atomic E-state index is 5.48. The van der Waals surface area contributed by atoms with Crippen LogP contribution >= 0.6 is 11.3 Å². The average Bonchev–Trinajstić information content (AvgIpc) is 3.15. The van der Waals surface area contributed by atoms with Gasteiger partial charge in [0.05, 0.1) is 6.04 Å². The minimum atomic E-state index is 0.0973. The van der Waals surface area contributed by atoms with Gasteiger partial charge in [-0.2, -0.15) is 16.3 Å². The molecule has 5 heteroatoms. The summed E-state index contributed by atoms with van der Waals surface area (Å²) in [5.74, 6) is 1.36. The summed E-state index contributed by atoms with van der Waals surface area (Å²) >= 11 is 1.66. The third-order valence-corrected chi connectivity index (χ3v) is 4.78. The van der Waals surface area contributed by atoms with E-state index >= 15 is 0 Å². The Labute approximate surface area is 126 Å². The number of thiophene rings is 1. The fraction of sp³-hybridized carbons (Fsp3) is 0.250. The fourth-order valence-electron chi connectivity index (χ4n) is 2.70. The molecule has 3 aromatic rings. The van der Waals surface area contributed by atoms with Crippen molar-refractivity contribution in [3.63, 3.8) is 0 Å². The zero-order chi connectivity index (χ0) is 14.2. The van der Waals surface area contributed by atoms with Gasteiger partial charge in [-0.05, 0) is 35.4 Å². The molecular formula is C16H15N3OS. The molecule has 0 aliphatic carbocycles. The van der Waals surface area contributed by atoms with Crippen molar-refractivity contribution in [1.82, 2.24) is 15.5 Å². The largest absolute Gasteiger partial charge is 0.337 e. The van der Waals surface area contributed by atoms with Crippen LogP contribution in [-0.2, 0) is 13.0 Å². The van der Waals surface area contributed by atoms with Gasteiger partial charge >= 0.3 is 0 Å². The van der Waals surface area contributed by atoms with Gasteiger partial charge in [-0.25, -0.2) is 0 Å². The lowest BCUT2D eigenvalue weighted by Crippen LogP contribution is -2.28. The van der Waals surface area contributed by atoms with Crippen LogP contribution < -0.4 is 5.32 Å². The van der Waals surface area contributed by atoms with Crippen molar-refractivity contribution in [3.8, 4) is 11.4 Å². The van der Waals surface area contributed by atoms with Crippen LogP contribution in [0.2, 0.25) is 0 Å². The third-order valence-electron chi connectivity index (χ3n) is 3.92. The van der Waals surface area contributed by atoms with Gasteiger partial charge < -0.3 is 9.84 Å². The fourth-order valence-corrected chi connectivity index (χ4v) is 3.53. The van der Waals surface area contributed by atoms with E-state index in [1.54, 1.807) is 11.3 Å². The number of hydrogen-bond donors (Lipinski definition) is 1. The summed E-state index contributed by atoms with van der Waals surface area (Å²) < 4.78 is 5.48. The number of benzene rings is 1. The Morgan fingerprint density at radius 2 is 2.10 bits per heavy atom. The molecule has 2 aromatic heterocycles. The van der Waals surface area contributed by atoms with Crippen LogP contribution in [0.1, 0.15) is 28.6 Å². The number of fused-ring (bicyclic) bond motifs is 1. The van der Waals surface area contributed by atoms with Crippen LogP contribution in [0.4, 0.5) is 0 Å². The minimum absolute atomic E-state index is 0.0973. The van der Waals surface area contributed by atoms with Crippen LogP contribution in [0.3, 0.4) is 0 Å². The van der Waals surface area contributed by atoms with Gasteiger partial charge in [0.1, 0.15) is 0 Å². The molecule has 1 aliphatic rings. The summed E-state index contributed by atoms with van der Waals surface area (Å²) in [5, 5.41) is 11.8. The zero-order valence-corrected chi connectivity index (χ0v) is 12.5. The highest BCUT2D eigenvalue weighted by Crippen LogP contribution is 2.28. The number of aryl methyl sites for hydroxylation is 1. The predicted octanol–water partition coefficient (Wildman–Crippen LogP) is 3.49. The van der Waals surface area contributed by atoms with E-state index in [0.717, 1.165) is 18.5 Å². The second-order valence-electron chi connectivity index (χ2n) is 5.33. The first-order valence-electron chi connectivity index (χ1n) is 6.98. The summed E-state index contributed by atoms with van der Waals surface area (Å²) in [6.45, 7) is 2.91. The van der Waals surface area contributed by atoms with Gasteiger partial charge in [-0.15, -0.1) is 0 Å². The van der Waals surface area contributed by atoms with E-state index in [4.69, 9.17) is 4.52 Å². The number of rotatable bonds is 2. The number of nitrogens with zero attached hydrogens (tertiary/aromatic N) is 2. The van der Waals surface area contributed by atoms with E-state index in [1.165, 1.54) is 16.7 Å². The van der Waals surface area contributed by atoms with E-state index in [9.17, 15) is 0 Å². The second-order valence-corrected chi connectivity index (χ2v) is 6.07. The van der Waals surface area contributed by atoms with Crippen molar-refractivity contribution < 1.29 is 4.52 Å². The van der Waals surface area contributed by atoms with Crippen molar-refractivity contribution in [1.29, 1.82) is 0 Å². The Kier molecular flexibility index (Phi) is 3.09. The summed E-state index contributed by atoms with van der Waals surface area (Å²) in [5.41, 5.74) is 4.95. The molecule has 0 saturated heterocycles. The molecule has 1 aliphatic heterocycles. The molecule has 4 nitrogen and oxygen atoms in total. The molecule has 106 valence electrons. The SMILES string of the molecule is Cc1cscc1-c1noc([C@H]2Cc3ccccc3CN2)n1. The molecular weight excluding hydrogens is 282 g/mol. The molecule has 0 fully saturated rings. The molecule has 4 rings (SSSR count). The van der Waals surface area contributed by atoms with Crippen LogP contribution in [0.5, 0.6) is 0 Å². The average molecular weight is 297 g/mol. The Hall–Kier alpha value is -1.98. The lowest BCUT2D eigenvalue weighted by atomic mass is 9.96. The number of hydrogen-bond acceptors (Lipinski definition) is 5. The molecule has 0 radical (unpaired) electrons. The van der Waals surface area contributed by atoms with Crippen molar-refractivity contribution in [2.24, 2.45) is 0 Å². The van der Waals surface area contributed by atoms with Gasteiger partial charge in [-0.1, -0.05) is 29.4 Å². The van der Waals surface area contributed by atoms with E-state index in [-0.39, 0.29) is 6.04 Å². The Balaban J connectivity index is 1.61.